The van der Waals surface area contributed by atoms with Crippen LogP contribution < -0.4 is 4.72 Å². The van der Waals surface area contributed by atoms with Crippen LogP contribution in [0.2, 0.25) is 0 Å². The third-order valence-corrected chi connectivity index (χ3v) is 6.78. The molecule has 2 N–H and O–H groups in total. The summed E-state index contributed by atoms with van der Waals surface area (Å²) < 4.78 is 27.3. The van der Waals surface area contributed by atoms with E-state index < -0.39 is 16.1 Å². The van der Waals surface area contributed by atoms with E-state index in [1.54, 1.807) is 0 Å². The van der Waals surface area contributed by atoms with Crippen molar-refractivity contribution in [3.05, 3.63) is 59.2 Å². The fraction of sp³-hybridized carbons (Fsp3) is 0.235. The van der Waals surface area contributed by atoms with E-state index in [1.165, 1.54) is 6.20 Å². The molecule has 0 spiro atoms. The molecule has 0 saturated heterocycles. The Morgan fingerprint density at radius 1 is 1.21 bits per heavy atom. The minimum Gasteiger partial charge on any atom is -0.387 e. The van der Waals surface area contributed by atoms with Crippen molar-refractivity contribution in [1.82, 2.24) is 9.71 Å². The molecule has 0 aliphatic heterocycles. The fourth-order valence-electron chi connectivity index (χ4n) is 2.49. The van der Waals surface area contributed by atoms with Gasteiger partial charge in [0.25, 0.3) is 10.0 Å². The van der Waals surface area contributed by atoms with Crippen molar-refractivity contribution >= 4 is 32.1 Å². The quantitative estimate of drug-likeness (QED) is 0.707. The summed E-state index contributed by atoms with van der Waals surface area (Å²) in [5, 5.41) is 13.1. The summed E-state index contributed by atoms with van der Waals surface area (Å²) in [6, 6.07) is 13.3. The van der Waals surface area contributed by atoms with Crippen LogP contribution >= 0.6 is 11.3 Å². The van der Waals surface area contributed by atoms with E-state index in [9.17, 15) is 13.5 Å². The third-order valence-electron chi connectivity index (χ3n) is 3.75. The number of rotatable bonds is 6. The van der Waals surface area contributed by atoms with Crippen molar-refractivity contribution < 1.29 is 13.5 Å². The Kier molecular flexibility index (Phi) is 4.96. The highest BCUT2D eigenvalue weighted by molar-refractivity contribution is 7.91. The molecule has 1 unspecified atom stereocenters. The van der Waals surface area contributed by atoms with Crippen molar-refractivity contribution in [1.29, 1.82) is 0 Å². The molecule has 0 radical (unpaired) electrons. The molecule has 1 atom stereocenters. The zero-order valence-corrected chi connectivity index (χ0v) is 14.8. The van der Waals surface area contributed by atoms with Gasteiger partial charge in [0, 0.05) is 6.54 Å². The number of benzene rings is 2. The molecule has 1 heterocycles. The first-order valence-corrected chi connectivity index (χ1v) is 9.91. The Morgan fingerprint density at radius 2 is 1.96 bits per heavy atom. The summed E-state index contributed by atoms with van der Waals surface area (Å²) in [5.41, 5.74) is 0.703. The summed E-state index contributed by atoms with van der Waals surface area (Å²) in [5.74, 6) is 0. The van der Waals surface area contributed by atoms with Gasteiger partial charge in [-0.25, -0.2) is 18.1 Å². The molecule has 3 rings (SSSR count). The number of hydrogen-bond donors (Lipinski definition) is 2. The molecule has 0 aliphatic rings. The molecule has 2 aromatic carbocycles. The number of nitrogens with one attached hydrogen (secondary N) is 1. The predicted octanol–water partition coefficient (Wildman–Crippen LogP) is 2.87. The van der Waals surface area contributed by atoms with Crippen LogP contribution in [-0.4, -0.2) is 25.1 Å². The van der Waals surface area contributed by atoms with Crippen LogP contribution in [-0.2, 0) is 16.4 Å². The van der Waals surface area contributed by atoms with Gasteiger partial charge in [-0.1, -0.05) is 49.4 Å². The summed E-state index contributed by atoms with van der Waals surface area (Å²) in [6.45, 7) is 1.84. The lowest BCUT2D eigenvalue weighted by atomic mass is 10.0. The van der Waals surface area contributed by atoms with Crippen LogP contribution in [0, 0.1) is 0 Å². The van der Waals surface area contributed by atoms with E-state index in [1.807, 2.05) is 49.4 Å². The summed E-state index contributed by atoms with van der Waals surface area (Å²) in [6.07, 6.45) is 1.12. The number of nitrogens with zero attached hydrogens (tertiary/aromatic N) is 1. The van der Waals surface area contributed by atoms with Crippen molar-refractivity contribution in [3.8, 4) is 0 Å². The van der Waals surface area contributed by atoms with E-state index in [-0.39, 0.29) is 10.8 Å². The second-order valence-corrected chi connectivity index (χ2v) is 8.47. The molecule has 0 bridgehead atoms. The van der Waals surface area contributed by atoms with Crippen LogP contribution in [0.15, 0.2) is 52.9 Å². The van der Waals surface area contributed by atoms with Gasteiger partial charge in [-0.2, -0.15) is 0 Å². The lowest BCUT2D eigenvalue weighted by Crippen LogP contribution is -2.28. The van der Waals surface area contributed by atoms with Crippen LogP contribution in [0.4, 0.5) is 0 Å². The number of aliphatic hydroxyl groups excluding tert-OH is 1. The summed E-state index contributed by atoms with van der Waals surface area (Å²) in [7, 11) is -3.66. The highest BCUT2D eigenvalue weighted by atomic mass is 32.2. The number of hydrogen-bond acceptors (Lipinski definition) is 5. The van der Waals surface area contributed by atoms with E-state index in [0.717, 1.165) is 27.1 Å². The standard InChI is InChI=1S/C17H18N2O3S2/c1-2-16-18-11-17(23-16)24(21,22)19-10-15(20)14-9-5-7-12-6-3-4-8-13(12)14/h3-9,11,15,19-20H,2,10H2,1H3. The van der Waals surface area contributed by atoms with Gasteiger partial charge in [0.15, 0.2) is 4.21 Å². The van der Waals surface area contributed by atoms with Crippen molar-refractivity contribution in [2.24, 2.45) is 0 Å². The Balaban J connectivity index is 1.78. The maximum absolute atomic E-state index is 12.3. The van der Waals surface area contributed by atoms with Crippen LogP contribution in [0.3, 0.4) is 0 Å². The van der Waals surface area contributed by atoms with E-state index in [2.05, 4.69) is 9.71 Å². The zero-order valence-electron chi connectivity index (χ0n) is 13.1. The highest BCUT2D eigenvalue weighted by Gasteiger charge is 2.20. The van der Waals surface area contributed by atoms with Crippen molar-refractivity contribution in [3.63, 3.8) is 0 Å². The second kappa shape index (κ2) is 6.98. The Morgan fingerprint density at radius 3 is 2.71 bits per heavy atom. The lowest BCUT2D eigenvalue weighted by molar-refractivity contribution is 0.183. The third kappa shape index (κ3) is 3.49. The van der Waals surface area contributed by atoms with E-state index >= 15 is 0 Å². The minimum atomic E-state index is -3.66. The SMILES string of the molecule is CCc1ncc(S(=O)(=O)NCC(O)c2cccc3ccccc23)s1. The molecular formula is C17H18N2O3S2. The zero-order chi connectivity index (χ0) is 17.2. The monoisotopic (exact) mass is 362 g/mol. The molecule has 7 heteroatoms. The fourth-order valence-corrected chi connectivity index (χ4v) is 4.69. The van der Waals surface area contributed by atoms with Crippen LogP contribution in [0.5, 0.6) is 0 Å². The van der Waals surface area contributed by atoms with Crippen molar-refractivity contribution in [2.45, 2.75) is 23.7 Å². The number of sulfonamides is 1. The molecule has 0 fully saturated rings. The van der Waals surface area contributed by atoms with Gasteiger partial charge in [0.2, 0.25) is 0 Å². The van der Waals surface area contributed by atoms with Gasteiger partial charge in [-0.15, -0.1) is 11.3 Å². The van der Waals surface area contributed by atoms with Crippen LogP contribution in [0.25, 0.3) is 10.8 Å². The number of aryl methyl sites for hydroxylation is 1. The Hall–Kier alpha value is -1.80. The maximum Gasteiger partial charge on any atom is 0.251 e. The molecule has 126 valence electrons. The molecule has 0 aliphatic carbocycles. The summed E-state index contributed by atoms with van der Waals surface area (Å²) in [4.78, 5) is 4.06. The molecule has 5 nitrogen and oxygen atoms in total. The Bertz CT molecular complexity index is 946. The Labute approximate surface area is 145 Å². The van der Waals surface area contributed by atoms with Gasteiger partial charge < -0.3 is 5.11 Å². The predicted molar refractivity (Wildman–Crippen MR) is 95.6 cm³/mol. The second-order valence-electron chi connectivity index (χ2n) is 5.36. The van der Waals surface area contributed by atoms with E-state index in [0.29, 0.717) is 12.0 Å². The molecular weight excluding hydrogens is 344 g/mol. The minimum absolute atomic E-state index is 0.0876. The number of fused-ring (bicyclic) bond motifs is 1. The average Bonchev–Trinajstić information content (AvgIpc) is 3.09. The molecule has 0 saturated carbocycles. The van der Waals surface area contributed by atoms with Gasteiger partial charge in [0.1, 0.15) is 0 Å². The first kappa shape index (κ1) is 17.0. The normalized spacial score (nSPS) is 13.2. The molecule has 24 heavy (non-hydrogen) atoms. The van der Waals surface area contributed by atoms with Gasteiger partial charge in [-0.3, -0.25) is 0 Å². The average molecular weight is 362 g/mol. The molecule has 1 aromatic heterocycles. The first-order chi connectivity index (χ1) is 11.5. The molecule has 3 aromatic rings. The maximum atomic E-state index is 12.3. The van der Waals surface area contributed by atoms with Gasteiger partial charge in [0.05, 0.1) is 17.3 Å². The first-order valence-electron chi connectivity index (χ1n) is 7.61. The summed E-state index contributed by atoms with van der Waals surface area (Å²) >= 11 is 1.15. The van der Waals surface area contributed by atoms with Crippen LogP contribution in [0.1, 0.15) is 23.6 Å². The largest absolute Gasteiger partial charge is 0.387 e. The topological polar surface area (TPSA) is 79.3 Å². The molecule has 0 amide bonds. The lowest BCUT2D eigenvalue weighted by Gasteiger charge is -2.14. The number of aromatic nitrogens is 1. The van der Waals surface area contributed by atoms with Gasteiger partial charge in [-0.05, 0) is 22.8 Å². The van der Waals surface area contributed by atoms with E-state index in [4.69, 9.17) is 0 Å². The number of thiazole rings is 1. The van der Waals surface area contributed by atoms with Crippen molar-refractivity contribution in [2.75, 3.05) is 6.54 Å². The number of aliphatic hydroxyl groups is 1. The highest BCUT2D eigenvalue weighted by Crippen LogP contribution is 2.25. The smallest absolute Gasteiger partial charge is 0.251 e. The van der Waals surface area contributed by atoms with Gasteiger partial charge >= 0.3 is 0 Å².